The maximum Gasteiger partial charge on any atom is 0.0585 e. The second-order valence-electron chi connectivity index (χ2n) is 4.49. The van der Waals surface area contributed by atoms with E-state index in [1.807, 2.05) is 6.08 Å². The Morgan fingerprint density at radius 3 is 2.69 bits per heavy atom. The summed E-state index contributed by atoms with van der Waals surface area (Å²) in [7, 11) is 0. The van der Waals surface area contributed by atoms with Crippen LogP contribution in [0.4, 0.5) is 0 Å². The van der Waals surface area contributed by atoms with Crippen molar-refractivity contribution in [2.24, 2.45) is 5.41 Å². The first-order chi connectivity index (χ1) is 5.97. The summed E-state index contributed by atoms with van der Waals surface area (Å²) < 4.78 is 0. The average Bonchev–Trinajstić information content (AvgIpc) is 1.95. The molecule has 72 valence electrons. The summed E-state index contributed by atoms with van der Waals surface area (Å²) >= 11 is 0. The van der Waals surface area contributed by atoms with E-state index >= 15 is 0 Å². The molecule has 1 heteroatoms. The van der Waals surface area contributed by atoms with E-state index in [2.05, 4.69) is 33.1 Å². The van der Waals surface area contributed by atoms with Crippen molar-refractivity contribution in [3.63, 3.8) is 0 Å². The molecule has 0 aromatic carbocycles. The summed E-state index contributed by atoms with van der Waals surface area (Å²) in [6, 6.07) is 0. The fourth-order valence-electron chi connectivity index (χ4n) is 2.23. The van der Waals surface area contributed by atoms with Crippen molar-refractivity contribution in [3.05, 3.63) is 29.5 Å². The number of rotatable bonds is 1. The molecule has 0 bridgehead atoms. The third kappa shape index (κ3) is 2.12. The fraction of sp³-hybridized carbons (Fsp3) is 0.583. The van der Waals surface area contributed by atoms with Crippen LogP contribution in [0.1, 0.15) is 33.6 Å². The molecular formula is C12H18O. The Kier molecular flexibility index (Phi) is 2.80. The smallest absolute Gasteiger partial charge is 0.0585 e. The summed E-state index contributed by atoms with van der Waals surface area (Å²) in [6.45, 7) is 9.98. The van der Waals surface area contributed by atoms with E-state index in [9.17, 15) is 5.11 Å². The molecule has 1 unspecified atom stereocenters. The van der Waals surface area contributed by atoms with E-state index in [0.29, 0.717) is 0 Å². The Hall–Kier alpha value is -0.780. The van der Waals surface area contributed by atoms with Crippen molar-refractivity contribution in [1.82, 2.24) is 0 Å². The molecule has 0 aromatic rings. The second-order valence-corrected chi connectivity index (χ2v) is 4.49. The predicted octanol–water partition coefficient (Wildman–Crippen LogP) is 2.82. The van der Waals surface area contributed by atoms with Crippen LogP contribution in [-0.2, 0) is 0 Å². The van der Waals surface area contributed by atoms with Gasteiger partial charge in [0.15, 0.2) is 0 Å². The lowest BCUT2D eigenvalue weighted by Gasteiger charge is -2.35. The molecule has 1 N–H and O–H groups in total. The van der Waals surface area contributed by atoms with Gasteiger partial charge >= 0.3 is 0 Å². The van der Waals surface area contributed by atoms with Crippen LogP contribution in [-0.4, -0.2) is 11.2 Å². The zero-order chi connectivity index (χ0) is 10.1. The lowest BCUT2D eigenvalue weighted by atomic mass is 9.71. The number of allylic oxidation sites excluding steroid dienone is 2. The number of hydrogen-bond donors (Lipinski definition) is 1. The monoisotopic (exact) mass is 178 g/mol. The summed E-state index contributed by atoms with van der Waals surface area (Å²) in [5.41, 5.74) is 5.43. The van der Waals surface area contributed by atoms with Crippen molar-refractivity contribution in [2.45, 2.75) is 39.7 Å². The zero-order valence-electron chi connectivity index (χ0n) is 8.72. The van der Waals surface area contributed by atoms with Crippen LogP contribution in [0.5, 0.6) is 0 Å². The maximum atomic E-state index is 9.62. The molecule has 0 aromatic heterocycles. The molecule has 1 nitrogen and oxygen atoms in total. The molecule has 0 saturated carbocycles. The Morgan fingerprint density at radius 2 is 2.23 bits per heavy atom. The summed E-state index contributed by atoms with van der Waals surface area (Å²) in [4.78, 5) is 0. The van der Waals surface area contributed by atoms with Gasteiger partial charge in [-0.2, -0.15) is 0 Å². The molecule has 1 rings (SSSR count). The fourth-order valence-corrected chi connectivity index (χ4v) is 2.23. The van der Waals surface area contributed by atoms with Crippen LogP contribution in [0.15, 0.2) is 29.5 Å². The SMILES string of the molecule is C=C=CC1=C(C)CC(O)CC1(C)C. The van der Waals surface area contributed by atoms with Gasteiger partial charge in [-0.15, -0.1) is 5.73 Å². The lowest BCUT2D eigenvalue weighted by Crippen LogP contribution is -2.28. The maximum absolute atomic E-state index is 9.62. The Bertz CT molecular complexity index is 277. The molecule has 1 aliphatic carbocycles. The summed E-state index contributed by atoms with van der Waals surface area (Å²) in [5, 5.41) is 9.62. The quantitative estimate of drug-likeness (QED) is 0.612. The van der Waals surface area contributed by atoms with Gasteiger partial charge in [-0.05, 0) is 36.8 Å². The second kappa shape index (κ2) is 3.53. The Balaban J connectivity index is 3.10. The van der Waals surface area contributed by atoms with E-state index in [4.69, 9.17) is 0 Å². The van der Waals surface area contributed by atoms with Crippen molar-refractivity contribution in [3.8, 4) is 0 Å². The van der Waals surface area contributed by atoms with E-state index < -0.39 is 0 Å². The first-order valence-electron chi connectivity index (χ1n) is 4.71. The number of aliphatic hydroxyl groups excluding tert-OH is 1. The highest BCUT2D eigenvalue weighted by Gasteiger charge is 2.31. The van der Waals surface area contributed by atoms with Gasteiger partial charge in [0, 0.05) is 0 Å². The molecule has 0 saturated heterocycles. The number of aliphatic hydroxyl groups is 1. The van der Waals surface area contributed by atoms with Crippen molar-refractivity contribution >= 4 is 0 Å². The molecular weight excluding hydrogens is 160 g/mol. The van der Waals surface area contributed by atoms with E-state index in [-0.39, 0.29) is 11.5 Å². The highest BCUT2D eigenvalue weighted by molar-refractivity contribution is 5.32. The highest BCUT2D eigenvalue weighted by Crippen LogP contribution is 2.40. The normalized spacial score (nSPS) is 26.9. The van der Waals surface area contributed by atoms with E-state index in [1.54, 1.807) is 0 Å². The largest absolute Gasteiger partial charge is 0.393 e. The Labute approximate surface area is 80.5 Å². The first kappa shape index (κ1) is 10.3. The van der Waals surface area contributed by atoms with Crippen molar-refractivity contribution in [1.29, 1.82) is 0 Å². The predicted molar refractivity (Wildman–Crippen MR) is 55.4 cm³/mol. The molecule has 0 heterocycles. The standard InChI is InChI=1S/C12H18O/c1-5-6-11-9(2)7-10(13)8-12(11,3)4/h6,10,13H,1,7-8H2,2-4H3. The topological polar surface area (TPSA) is 20.2 Å². The highest BCUT2D eigenvalue weighted by atomic mass is 16.3. The van der Waals surface area contributed by atoms with Gasteiger partial charge in [0.1, 0.15) is 0 Å². The van der Waals surface area contributed by atoms with Gasteiger partial charge < -0.3 is 5.11 Å². The molecule has 0 spiro atoms. The molecule has 0 amide bonds. The molecule has 0 fully saturated rings. The molecule has 1 atom stereocenters. The van der Waals surface area contributed by atoms with E-state index in [0.717, 1.165) is 12.8 Å². The van der Waals surface area contributed by atoms with Gasteiger partial charge in [0.2, 0.25) is 0 Å². The third-order valence-electron chi connectivity index (χ3n) is 2.72. The van der Waals surface area contributed by atoms with Gasteiger partial charge in [0.05, 0.1) is 6.10 Å². The molecule has 0 radical (unpaired) electrons. The minimum absolute atomic E-state index is 0.0619. The number of hydrogen-bond acceptors (Lipinski definition) is 1. The minimum atomic E-state index is -0.183. The van der Waals surface area contributed by atoms with Crippen LogP contribution < -0.4 is 0 Å². The van der Waals surface area contributed by atoms with Crippen LogP contribution >= 0.6 is 0 Å². The molecule has 13 heavy (non-hydrogen) atoms. The van der Waals surface area contributed by atoms with Gasteiger partial charge in [-0.3, -0.25) is 0 Å². The van der Waals surface area contributed by atoms with Gasteiger partial charge in [-0.1, -0.05) is 26.0 Å². The van der Waals surface area contributed by atoms with Crippen LogP contribution in [0.2, 0.25) is 0 Å². The van der Waals surface area contributed by atoms with Gasteiger partial charge in [-0.25, -0.2) is 0 Å². The minimum Gasteiger partial charge on any atom is -0.393 e. The van der Waals surface area contributed by atoms with Crippen molar-refractivity contribution < 1.29 is 5.11 Å². The third-order valence-corrected chi connectivity index (χ3v) is 2.72. The molecule has 1 aliphatic rings. The summed E-state index contributed by atoms with van der Waals surface area (Å²) in [5.74, 6) is 0. The van der Waals surface area contributed by atoms with E-state index in [1.165, 1.54) is 11.1 Å². The Morgan fingerprint density at radius 1 is 1.62 bits per heavy atom. The van der Waals surface area contributed by atoms with Crippen LogP contribution in [0.25, 0.3) is 0 Å². The first-order valence-corrected chi connectivity index (χ1v) is 4.71. The van der Waals surface area contributed by atoms with Gasteiger partial charge in [0.25, 0.3) is 0 Å². The molecule has 0 aliphatic heterocycles. The lowest BCUT2D eigenvalue weighted by molar-refractivity contribution is 0.116. The average molecular weight is 178 g/mol. The van der Waals surface area contributed by atoms with Crippen molar-refractivity contribution in [2.75, 3.05) is 0 Å². The zero-order valence-corrected chi connectivity index (χ0v) is 8.72. The van der Waals surface area contributed by atoms with Crippen LogP contribution in [0.3, 0.4) is 0 Å². The summed E-state index contributed by atoms with van der Waals surface area (Å²) in [6.07, 6.45) is 3.38. The van der Waals surface area contributed by atoms with Crippen LogP contribution in [0, 0.1) is 5.41 Å².